The fourth-order valence-corrected chi connectivity index (χ4v) is 6.34. The number of carbonyl (C=O) groups is 3. The first kappa shape index (κ1) is 25.1. The first-order chi connectivity index (χ1) is 16.1. The molecule has 2 heterocycles. The van der Waals surface area contributed by atoms with Crippen molar-refractivity contribution in [2.75, 3.05) is 13.1 Å². The van der Waals surface area contributed by atoms with Gasteiger partial charge in [0.1, 0.15) is 23.8 Å². The van der Waals surface area contributed by atoms with Gasteiger partial charge in [-0.25, -0.2) is 4.39 Å². The number of piperidine rings is 1. The SMILES string of the molecule is CC(=O)C1CCCCC12NC(=O)/C(O)=C1/C(=O)N(CC3CCC(F)C(Cl)C3)CC/C1=C\C(O)N2. The number of Topliss-reactive ketones (excluding diaryl/α,β-unsaturated/α-hetero) is 1. The fraction of sp³-hybridized carbons (Fsp3) is 0.708. The molecule has 3 fully saturated rings. The van der Waals surface area contributed by atoms with E-state index in [2.05, 4.69) is 10.6 Å². The summed E-state index contributed by atoms with van der Waals surface area (Å²) >= 11 is 6.10. The van der Waals surface area contributed by atoms with Gasteiger partial charge in [-0.15, -0.1) is 11.6 Å². The molecule has 0 radical (unpaired) electrons. The first-order valence-electron chi connectivity index (χ1n) is 12.1. The molecule has 6 atom stereocenters. The summed E-state index contributed by atoms with van der Waals surface area (Å²) in [5.41, 5.74) is -0.981. The lowest BCUT2D eigenvalue weighted by Gasteiger charge is -2.45. The van der Waals surface area contributed by atoms with Crippen molar-refractivity contribution in [2.24, 2.45) is 11.8 Å². The van der Waals surface area contributed by atoms with Crippen LogP contribution in [0.25, 0.3) is 0 Å². The maximum Gasteiger partial charge on any atom is 0.288 e. The van der Waals surface area contributed by atoms with E-state index in [1.807, 2.05) is 0 Å². The van der Waals surface area contributed by atoms with Gasteiger partial charge in [0.15, 0.2) is 5.76 Å². The van der Waals surface area contributed by atoms with Crippen molar-refractivity contribution >= 4 is 29.2 Å². The highest BCUT2D eigenvalue weighted by Gasteiger charge is 2.47. The Bertz CT molecular complexity index is 924. The highest BCUT2D eigenvalue weighted by atomic mass is 35.5. The zero-order chi connectivity index (χ0) is 24.6. The van der Waals surface area contributed by atoms with Crippen LogP contribution >= 0.6 is 11.6 Å². The van der Waals surface area contributed by atoms with Crippen LogP contribution < -0.4 is 10.6 Å². The molecule has 2 saturated carbocycles. The molecule has 10 heteroatoms. The highest BCUT2D eigenvalue weighted by Crippen LogP contribution is 2.36. The lowest BCUT2D eigenvalue weighted by molar-refractivity contribution is -0.133. The Morgan fingerprint density at radius 1 is 1.29 bits per heavy atom. The Hall–Kier alpha value is -1.97. The van der Waals surface area contributed by atoms with E-state index < -0.39 is 46.9 Å². The third-order valence-corrected chi connectivity index (χ3v) is 8.16. The number of carbonyl (C=O) groups excluding carboxylic acids is 3. The average Bonchev–Trinajstić information content (AvgIpc) is 2.80. The van der Waals surface area contributed by atoms with Gasteiger partial charge in [0, 0.05) is 13.1 Å². The predicted molar refractivity (Wildman–Crippen MR) is 123 cm³/mol. The zero-order valence-electron chi connectivity index (χ0n) is 19.4. The molecule has 8 nitrogen and oxygen atoms in total. The van der Waals surface area contributed by atoms with E-state index in [0.29, 0.717) is 57.2 Å². The van der Waals surface area contributed by atoms with Crippen LogP contribution in [0, 0.1) is 11.8 Å². The normalized spacial score (nSPS) is 41.0. The quantitative estimate of drug-likeness (QED) is 0.444. The van der Waals surface area contributed by atoms with Crippen molar-refractivity contribution < 1.29 is 29.0 Å². The van der Waals surface area contributed by atoms with Gasteiger partial charge >= 0.3 is 0 Å². The maximum absolute atomic E-state index is 13.8. The Morgan fingerprint density at radius 2 is 2.06 bits per heavy atom. The summed E-state index contributed by atoms with van der Waals surface area (Å²) < 4.78 is 13.8. The molecule has 1 spiro atoms. The van der Waals surface area contributed by atoms with Crippen LogP contribution in [0.4, 0.5) is 4.39 Å². The van der Waals surface area contributed by atoms with Crippen LogP contribution in [0.15, 0.2) is 23.0 Å². The summed E-state index contributed by atoms with van der Waals surface area (Å²) in [6, 6.07) is 0. The molecule has 0 bridgehead atoms. The van der Waals surface area contributed by atoms with E-state index in [9.17, 15) is 29.0 Å². The molecule has 6 unspecified atom stereocenters. The van der Waals surface area contributed by atoms with Crippen molar-refractivity contribution in [3.63, 3.8) is 0 Å². The molecular formula is C24H33ClFN3O5. The van der Waals surface area contributed by atoms with Crippen molar-refractivity contribution in [1.29, 1.82) is 0 Å². The number of nitrogens with one attached hydrogen (secondary N) is 2. The van der Waals surface area contributed by atoms with Gasteiger partial charge < -0.3 is 20.4 Å². The summed E-state index contributed by atoms with van der Waals surface area (Å²) in [4.78, 5) is 40.5. The van der Waals surface area contributed by atoms with Crippen molar-refractivity contribution in [2.45, 2.75) is 81.7 Å². The highest BCUT2D eigenvalue weighted by molar-refractivity contribution is 6.21. The van der Waals surface area contributed by atoms with Gasteiger partial charge in [-0.05, 0) is 69.4 Å². The number of amides is 2. The molecule has 0 aromatic rings. The number of rotatable bonds is 3. The largest absolute Gasteiger partial charge is 0.502 e. The number of aliphatic hydroxyl groups is 2. The van der Waals surface area contributed by atoms with Gasteiger partial charge in [0.05, 0.1) is 16.9 Å². The van der Waals surface area contributed by atoms with E-state index in [-0.39, 0.29) is 17.3 Å². The van der Waals surface area contributed by atoms with E-state index in [0.717, 1.165) is 12.8 Å². The second-order valence-electron chi connectivity index (χ2n) is 10.1. The van der Waals surface area contributed by atoms with Crippen LogP contribution in [-0.4, -0.2) is 69.2 Å². The molecule has 4 N–H and O–H groups in total. The monoisotopic (exact) mass is 497 g/mol. The topological polar surface area (TPSA) is 119 Å². The molecule has 2 amide bonds. The summed E-state index contributed by atoms with van der Waals surface area (Å²) in [6.07, 6.45) is 3.41. The number of fused-ring (bicyclic) bond motifs is 1. The Balaban J connectivity index is 1.62. The maximum atomic E-state index is 13.8. The minimum atomic E-state index is -1.23. The van der Waals surface area contributed by atoms with Crippen LogP contribution in [0.3, 0.4) is 0 Å². The Morgan fingerprint density at radius 3 is 2.76 bits per heavy atom. The fourth-order valence-electron chi connectivity index (χ4n) is 5.96. The van der Waals surface area contributed by atoms with Gasteiger partial charge in [-0.1, -0.05) is 6.42 Å². The summed E-state index contributed by atoms with van der Waals surface area (Å²) in [5.74, 6) is -2.74. The molecule has 2 aliphatic carbocycles. The Kier molecular flexibility index (Phi) is 7.36. The number of likely N-dealkylation sites (tertiary alicyclic amines) is 1. The average molecular weight is 498 g/mol. The number of alkyl halides is 2. The molecule has 0 aromatic carbocycles. The van der Waals surface area contributed by atoms with Gasteiger partial charge in [-0.3, -0.25) is 19.7 Å². The van der Waals surface area contributed by atoms with E-state index in [1.165, 1.54) is 13.0 Å². The Labute approximate surface area is 203 Å². The number of hydrogen-bond donors (Lipinski definition) is 4. The number of nitrogens with zero attached hydrogens (tertiary/aromatic N) is 1. The lowest BCUT2D eigenvalue weighted by Crippen LogP contribution is -2.67. The van der Waals surface area contributed by atoms with Crippen molar-refractivity contribution in [3.05, 3.63) is 23.0 Å². The van der Waals surface area contributed by atoms with Crippen molar-refractivity contribution in [1.82, 2.24) is 15.5 Å². The van der Waals surface area contributed by atoms with E-state index >= 15 is 0 Å². The lowest BCUT2D eigenvalue weighted by atomic mass is 9.76. The minimum Gasteiger partial charge on any atom is -0.502 e. The zero-order valence-corrected chi connectivity index (χ0v) is 20.1. The molecule has 1 saturated heterocycles. The predicted octanol–water partition coefficient (Wildman–Crippen LogP) is 2.22. The summed E-state index contributed by atoms with van der Waals surface area (Å²) in [5, 5.41) is 26.9. The second-order valence-corrected chi connectivity index (χ2v) is 10.6. The summed E-state index contributed by atoms with van der Waals surface area (Å²) in [6.45, 7) is 2.15. The first-order valence-corrected chi connectivity index (χ1v) is 12.6. The van der Waals surface area contributed by atoms with Crippen LogP contribution in [0.2, 0.25) is 0 Å². The third-order valence-electron chi connectivity index (χ3n) is 7.71. The number of hydrogen-bond acceptors (Lipinski definition) is 6. The van der Waals surface area contributed by atoms with Crippen LogP contribution in [-0.2, 0) is 14.4 Å². The minimum absolute atomic E-state index is 0.0333. The molecule has 4 aliphatic rings. The van der Waals surface area contributed by atoms with Gasteiger partial charge in [0.25, 0.3) is 11.8 Å². The van der Waals surface area contributed by atoms with Crippen molar-refractivity contribution in [3.8, 4) is 0 Å². The molecule has 0 aromatic heterocycles. The van der Waals surface area contributed by atoms with Crippen LogP contribution in [0.1, 0.15) is 58.3 Å². The van der Waals surface area contributed by atoms with E-state index in [4.69, 9.17) is 11.6 Å². The smallest absolute Gasteiger partial charge is 0.288 e. The van der Waals surface area contributed by atoms with Crippen LogP contribution in [0.5, 0.6) is 0 Å². The number of ketones is 1. The summed E-state index contributed by atoms with van der Waals surface area (Å²) in [7, 11) is 0. The second kappa shape index (κ2) is 9.95. The molecule has 34 heavy (non-hydrogen) atoms. The van der Waals surface area contributed by atoms with Gasteiger partial charge in [-0.2, -0.15) is 0 Å². The molecule has 2 aliphatic heterocycles. The van der Waals surface area contributed by atoms with Gasteiger partial charge in [0.2, 0.25) is 0 Å². The number of aliphatic hydroxyl groups excluding tert-OH is 2. The molecule has 4 rings (SSSR count). The third kappa shape index (κ3) is 4.88. The molecular weight excluding hydrogens is 465 g/mol. The molecule has 188 valence electrons. The standard InChI is InChI=1S/C24H33ClFN3O5/c1-13(30)16-4-2-3-8-24(16)27-19(31)11-15-7-9-29(12-14-5-6-18(26)17(25)10-14)23(34)20(15)21(32)22(33)28-24/h11,14,16-19,27,31-32H,2-10,12H2,1H3,(H,28,33)/b15-11+,21-20-. The number of halogens is 2. The van der Waals surface area contributed by atoms with E-state index in [1.54, 1.807) is 4.90 Å².